The van der Waals surface area contributed by atoms with E-state index >= 15 is 0 Å². The van der Waals surface area contributed by atoms with Crippen LogP contribution in [0.2, 0.25) is 0 Å². The van der Waals surface area contributed by atoms with Gasteiger partial charge < -0.3 is 4.90 Å². The van der Waals surface area contributed by atoms with Gasteiger partial charge in [-0.05, 0) is 112 Å². The molecule has 5 aromatic rings. The number of nitriles is 1. The van der Waals surface area contributed by atoms with Crippen LogP contribution >= 0.6 is 11.3 Å². The van der Waals surface area contributed by atoms with E-state index < -0.39 is 0 Å². The third-order valence-corrected chi connectivity index (χ3v) is 10.8. The van der Waals surface area contributed by atoms with Crippen molar-refractivity contribution in [2.45, 2.75) is 52.4 Å². The first-order chi connectivity index (χ1) is 21.0. The molecule has 0 N–H and O–H groups in total. The Morgan fingerprint density at radius 3 is 2.00 bits per heavy atom. The smallest absolute Gasteiger partial charge is 0.263 e. The van der Waals surface area contributed by atoms with Crippen LogP contribution in [0.1, 0.15) is 66.0 Å². The Morgan fingerprint density at radius 2 is 1.32 bits per heavy atom. The second-order valence-corrected chi connectivity index (χ2v) is 14.1. The molecule has 0 bridgehead atoms. The van der Waals surface area contributed by atoms with Crippen LogP contribution in [-0.2, 0) is 10.8 Å². The maximum Gasteiger partial charge on any atom is 0.263 e. The van der Waals surface area contributed by atoms with Gasteiger partial charge in [0.25, 0.3) is 5.70 Å². The van der Waals surface area contributed by atoms with Gasteiger partial charge in [-0.15, -0.1) is 11.3 Å². The summed E-state index contributed by atoms with van der Waals surface area (Å²) < 4.78 is 0. The molecule has 4 heteroatoms. The molecular formula is C40H33N3S. The molecule has 1 heterocycles. The molecule has 0 saturated carbocycles. The van der Waals surface area contributed by atoms with Gasteiger partial charge in [0.05, 0.1) is 12.6 Å². The number of allylic oxidation sites excluding steroid dienone is 1. The predicted molar refractivity (Wildman–Crippen MR) is 184 cm³/mol. The van der Waals surface area contributed by atoms with E-state index in [1.807, 2.05) is 6.07 Å². The number of benzene rings is 4. The second-order valence-electron chi connectivity index (χ2n) is 13.0. The summed E-state index contributed by atoms with van der Waals surface area (Å²) in [4.78, 5) is 7.93. The molecule has 4 aromatic carbocycles. The molecule has 0 radical (unpaired) electrons. The molecule has 3 nitrogen and oxygen atoms in total. The summed E-state index contributed by atoms with van der Waals surface area (Å²) in [6.45, 7) is 20.8. The molecule has 0 saturated heterocycles. The molecule has 1 aromatic heterocycles. The minimum atomic E-state index is -0.218. The van der Waals surface area contributed by atoms with E-state index in [1.165, 1.54) is 54.9 Å². The zero-order chi connectivity index (χ0) is 31.0. The molecular weight excluding hydrogens is 555 g/mol. The van der Waals surface area contributed by atoms with Crippen molar-refractivity contribution in [2.24, 2.45) is 0 Å². The minimum absolute atomic E-state index is 0.0875. The number of hydrogen-bond donors (Lipinski definition) is 0. The van der Waals surface area contributed by atoms with Crippen LogP contribution in [-0.4, -0.2) is 0 Å². The Hall–Kier alpha value is -4.90. The van der Waals surface area contributed by atoms with Crippen molar-refractivity contribution in [2.75, 3.05) is 4.90 Å². The summed E-state index contributed by atoms with van der Waals surface area (Å²) in [5.41, 5.74) is 14.9. The fourth-order valence-electron chi connectivity index (χ4n) is 7.04. The van der Waals surface area contributed by atoms with E-state index in [1.54, 1.807) is 17.4 Å². The first-order valence-electron chi connectivity index (χ1n) is 14.9. The number of aryl methyl sites for hydroxylation is 2. The van der Waals surface area contributed by atoms with Crippen molar-refractivity contribution in [1.29, 1.82) is 5.26 Å². The molecule has 0 atom stereocenters. The number of thiophene rings is 1. The van der Waals surface area contributed by atoms with E-state index in [0.29, 0.717) is 0 Å². The van der Waals surface area contributed by atoms with Gasteiger partial charge in [-0.2, -0.15) is 0 Å². The van der Waals surface area contributed by atoms with Crippen LogP contribution in [0.25, 0.3) is 32.5 Å². The standard InChI is InChI=1S/C40H33N3S/c1-24-12-13-27(18-25(24)2)43(28-14-16-32-31-10-8-9-11-34(31)39(3,4)35(32)20-28)29-15-17-33-36(21-29)40(5,6)37-22-30(44-38(33)37)19-26(23-41)42-7/h8-22H,1-6H3/b26-19-. The normalized spacial score (nSPS) is 15.0. The average molecular weight is 588 g/mol. The van der Waals surface area contributed by atoms with Crippen LogP contribution in [0, 0.1) is 31.8 Å². The molecule has 2 aliphatic rings. The summed E-state index contributed by atoms with van der Waals surface area (Å²) in [6, 6.07) is 33.5. The van der Waals surface area contributed by atoms with Crippen molar-refractivity contribution in [3.05, 3.63) is 140 Å². The first kappa shape index (κ1) is 27.9. The second kappa shape index (κ2) is 9.81. The average Bonchev–Trinajstić information content (AvgIpc) is 3.61. The Bertz CT molecular complexity index is 2110. The molecule has 0 unspecified atom stereocenters. The maximum absolute atomic E-state index is 9.29. The third-order valence-electron chi connectivity index (χ3n) is 9.69. The first-order valence-corrected chi connectivity index (χ1v) is 15.8. The largest absolute Gasteiger partial charge is 0.310 e. The molecule has 0 fully saturated rings. The summed E-state index contributed by atoms with van der Waals surface area (Å²) in [5.74, 6) is 0. The van der Waals surface area contributed by atoms with Crippen molar-refractivity contribution in [1.82, 2.24) is 0 Å². The topological polar surface area (TPSA) is 31.4 Å². The number of hydrogen-bond acceptors (Lipinski definition) is 3. The summed E-state index contributed by atoms with van der Waals surface area (Å²) >= 11 is 1.66. The summed E-state index contributed by atoms with van der Waals surface area (Å²) in [5, 5.41) is 9.29. The highest BCUT2D eigenvalue weighted by atomic mass is 32.1. The lowest BCUT2D eigenvalue weighted by Gasteiger charge is -2.30. The summed E-state index contributed by atoms with van der Waals surface area (Å²) in [7, 11) is 0. The van der Waals surface area contributed by atoms with Crippen LogP contribution in [0.5, 0.6) is 0 Å². The van der Waals surface area contributed by atoms with Gasteiger partial charge in [0, 0.05) is 37.6 Å². The number of anilines is 3. The Kier molecular flexibility index (Phi) is 6.22. The zero-order valence-corrected chi connectivity index (χ0v) is 26.7. The van der Waals surface area contributed by atoms with Crippen molar-refractivity contribution in [3.63, 3.8) is 0 Å². The van der Waals surface area contributed by atoms with Gasteiger partial charge >= 0.3 is 0 Å². The fourth-order valence-corrected chi connectivity index (χ4v) is 8.34. The lowest BCUT2D eigenvalue weighted by Crippen LogP contribution is -2.18. The van der Waals surface area contributed by atoms with Crippen LogP contribution < -0.4 is 4.90 Å². The van der Waals surface area contributed by atoms with Crippen molar-refractivity contribution in [3.8, 4) is 27.6 Å². The number of rotatable bonds is 4. The highest BCUT2D eigenvalue weighted by Crippen LogP contribution is 2.55. The van der Waals surface area contributed by atoms with Gasteiger partial charge in [0.2, 0.25) is 0 Å². The predicted octanol–water partition coefficient (Wildman–Crippen LogP) is 11.2. The molecule has 214 valence electrons. The van der Waals surface area contributed by atoms with Gasteiger partial charge in [-0.1, -0.05) is 70.2 Å². The minimum Gasteiger partial charge on any atom is -0.310 e. The monoisotopic (exact) mass is 587 g/mol. The van der Waals surface area contributed by atoms with Crippen molar-refractivity contribution < 1.29 is 0 Å². The van der Waals surface area contributed by atoms with Gasteiger partial charge in [-0.3, -0.25) is 0 Å². The third kappa shape index (κ3) is 4.06. The maximum atomic E-state index is 9.29. The Balaban J connectivity index is 1.38. The summed E-state index contributed by atoms with van der Waals surface area (Å²) in [6.07, 6.45) is 1.70. The highest BCUT2D eigenvalue weighted by Gasteiger charge is 2.39. The molecule has 0 aliphatic heterocycles. The number of nitrogens with zero attached hydrogens (tertiary/aromatic N) is 3. The molecule has 44 heavy (non-hydrogen) atoms. The Labute approximate surface area is 264 Å². The van der Waals surface area contributed by atoms with E-state index in [9.17, 15) is 5.26 Å². The zero-order valence-electron chi connectivity index (χ0n) is 25.9. The molecule has 0 amide bonds. The lowest BCUT2D eigenvalue weighted by molar-refractivity contribution is 0.660. The SMILES string of the molecule is [C-]#[N+]/C(C#N)=C\c1cc2c(s1)-c1ccc(N(c3ccc(C)c(C)c3)c3ccc4c(c3)C(C)(C)c3ccccc3-4)cc1C2(C)C. The van der Waals surface area contributed by atoms with Gasteiger partial charge in [-0.25, -0.2) is 10.1 Å². The molecule has 7 rings (SSSR count). The van der Waals surface area contributed by atoms with Gasteiger partial charge in [0.1, 0.15) is 0 Å². The Morgan fingerprint density at radius 1 is 0.727 bits per heavy atom. The lowest BCUT2D eigenvalue weighted by atomic mass is 9.82. The van der Waals surface area contributed by atoms with Crippen molar-refractivity contribution >= 4 is 34.5 Å². The van der Waals surface area contributed by atoms with E-state index in [2.05, 4.69) is 136 Å². The number of fused-ring (bicyclic) bond motifs is 6. The van der Waals surface area contributed by atoms with Gasteiger partial charge in [0.15, 0.2) is 0 Å². The van der Waals surface area contributed by atoms with E-state index in [-0.39, 0.29) is 16.5 Å². The molecule has 0 spiro atoms. The van der Waals surface area contributed by atoms with E-state index in [0.717, 1.165) is 21.9 Å². The van der Waals surface area contributed by atoms with E-state index in [4.69, 9.17) is 6.57 Å². The van der Waals surface area contributed by atoms with Crippen LogP contribution in [0.15, 0.2) is 90.6 Å². The van der Waals surface area contributed by atoms with Crippen LogP contribution in [0.4, 0.5) is 17.1 Å². The highest BCUT2D eigenvalue weighted by molar-refractivity contribution is 7.16. The van der Waals surface area contributed by atoms with Crippen LogP contribution in [0.3, 0.4) is 0 Å². The quantitative estimate of drug-likeness (QED) is 0.155. The molecule has 2 aliphatic carbocycles. The fraction of sp³-hybridized carbons (Fsp3) is 0.200.